The summed E-state index contributed by atoms with van der Waals surface area (Å²) in [6, 6.07) is 7.12. The van der Waals surface area contributed by atoms with Crippen LogP contribution in [0.2, 0.25) is 5.02 Å². The molecule has 0 aliphatic carbocycles. The number of nitrogens with two attached hydrogens (primary N) is 1. The zero-order valence-electron chi connectivity index (χ0n) is 9.37. The molecule has 1 aromatic rings. The van der Waals surface area contributed by atoms with Crippen LogP contribution in [0.25, 0.3) is 0 Å². The van der Waals surface area contributed by atoms with Crippen LogP contribution in [0.1, 0.15) is 24.8 Å². The Bertz CT molecular complexity index is 440. The lowest BCUT2D eigenvalue weighted by Crippen LogP contribution is -2.11. The van der Waals surface area contributed by atoms with Crippen LogP contribution < -0.4 is 11.1 Å². The molecule has 90 valence electrons. The van der Waals surface area contributed by atoms with Crippen LogP contribution in [0.15, 0.2) is 18.2 Å². The quantitative estimate of drug-likeness (QED) is 0.762. The zero-order chi connectivity index (χ0) is 12.7. The molecular formula is C12H14ClN3O. The van der Waals surface area contributed by atoms with E-state index in [0.29, 0.717) is 17.0 Å². The van der Waals surface area contributed by atoms with Gasteiger partial charge in [-0.25, -0.2) is 0 Å². The van der Waals surface area contributed by atoms with Crippen LogP contribution >= 0.6 is 11.6 Å². The number of carbonyl (C=O) groups is 1. The minimum absolute atomic E-state index is 0.276. The van der Waals surface area contributed by atoms with Crippen molar-refractivity contribution < 1.29 is 4.79 Å². The molecule has 0 unspecified atom stereocenters. The molecule has 0 aliphatic heterocycles. The summed E-state index contributed by atoms with van der Waals surface area (Å²) in [5.41, 5.74) is 6.36. The number of hydrogen-bond donors (Lipinski definition) is 2. The average molecular weight is 252 g/mol. The maximum Gasteiger partial charge on any atom is 0.217 e. The van der Waals surface area contributed by atoms with Gasteiger partial charge in [0.05, 0.1) is 22.3 Å². The standard InChI is InChI=1S/C12H14ClN3O/c13-10-7-9(8-14)4-5-11(10)16-6-2-1-3-12(15)17/h4-5,7,16H,1-3,6H2,(H2,15,17). The van der Waals surface area contributed by atoms with Crippen LogP contribution in [0.5, 0.6) is 0 Å². The van der Waals surface area contributed by atoms with Gasteiger partial charge in [0.1, 0.15) is 0 Å². The molecular weight excluding hydrogens is 238 g/mol. The number of nitriles is 1. The normalized spacial score (nSPS) is 9.65. The van der Waals surface area contributed by atoms with Gasteiger partial charge in [-0.3, -0.25) is 4.79 Å². The second kappa shape index (κ2) is 6.77. The van der Waals surface area contributed by atoms with E-state index in [4.69, 9.17) is 22.6 Å². The van der Waals surface area contributed by atoms with Crippen molar-refractivity contribution in [1.29, 1.82) is 5.26 Å². The minimum Gasteiger partial charge on any atom is -0.384 e. The van der Waals surface area contributed by atoms with Crippen molar-refractivity contribution in [1.82, 2.24) is 0 Å². The van der Waals surface area contributed by atoms with E-state index in [1.165, 1.54) is 0 Å². The maximum absolute atomic E-state index is 10.5. The van der Waals surface area contributed by atoms with Gasteiger partial charge < -0.3 is 11.1 Å². The number of unbranched alkanes of at least 4 members (excludes halogenated alkanes) is 1. The first-order valence-electron chi connectivity index (χ1n) is 5.35. The molecule has 0 bridgehead atoms. The summed E-state index contributed by atoms with van der Waals surface area (Å²) < 4.78 is 0. The number of nitrogens with one attached hydrogen (secondary N) is 1. The molecule has 17 heavy (non-hydrogen) atoms. The van der Waals surface area contributed by atoms with Gasteiger partial charge in [-0.05, 0) is 31.0 Å². The number of benzene rings is 1. The van der Waals surface area contributed by atoms with Crippen molar-refractivity contribution in [2.45, 2.75) is 19.3 Å². The third-order valence-electron chi connectivity index (χ3n) is 2.26. The largest absolute Gasteiger partial charge is 0.384 e. The molecule has 1 rings (SSSR count). The third kappa shape index (κ3) is 4.75. The monoisotopic (exact) mass is 251 g/mol. The van der Waals surface area contributed by atoms with Gasteiger partial charge in [-0.1, -0.05) is 11.6 Å². The van der Waals surface area contributed by atoms with E-state index in [2.05, 4.69) is 5.32 Å². The minimum atomic E-state index is -0.276. The molecule has 4 nitrogen and oxygen atoms in total. The van der Waals surface area contributed by atoms with Crippen molar-refractivity contribution in [3.8, 4) is 6.07 Å². The maximum atomic E-state index is 10.5. The highest BCUT2D eigenvalue weighted by atomic mass is 35.5. The summed E-state index contributed by atoms with van der Waals surface area (Å²) in [4.78, 5) is 10.5. The Morgan fingerprint density at radius 1 is 1.47 bits per heavy atom. The molecule has 1 amide bonds. The first-order chi connectivity index (χ1) is 8.13. The Morgan fingerprint density at radius 2 is 2.24 bits per heavy atom. The Hall–Kier alpha value is -1.73. The van der Waals surface area contributed by atoms with Crippen LogP contribution in [-0.2, 0) is 4.79 Å². The molecule has 5 heteroatoms. The van der Waals surface area contributed by atoms with E-state index >= 15 is 0 Å². The molecule has 0 saturated heterocycles. The van der Waals surface area contributed by atoms with Crippen LogP contribution in [0.3, 0.4) is 0 Å². The fraction of sp³-hybridized carbons (Fsp3) is 0.333. The fourth-order valence-corrected chi connectivity index (χ4v) is 1.62. The molecule has 3 N–H and O–H groups in total. The molecule has 0 aliphatic rings. The SMILES string of the molecule is N#Cc1ccc(NCCCCC(N)=O)c(Cl)c1. The lowest BCUT2D eigenvalue weighted by molar-refractivity contribution is -0.118. The average Bonchev–Trinajstić information content (AvgIpc) is 2.30. The topological polar surface area (TPSA) is 78.9 Å². The smallest absolute Gasteiger partial charge is 0.217 e. The van der Waals surface area contributed by atoms with Crippen molar-refractivity contribution in [3.05, 3.63) is 28.8 Å². The molecule has 0 saturated carbocycles. The van der Waals surface area contributed by atoms with Gasteiger partial charge in [0.25, 0.3) is 0 Å². The Kier molecular flexibility index (Phi) is 5.31. The highest BCUT2D eigenvalue weighted by Gasteiger charge is 2.01. The lowest BCUT2D eigenvalue weighted by atomic mass is 10.2. The summed E-state index contributed by atoms with van der Waals surface area (Å²) in [6.45, 7) is 0.721. The predicted molar refractivity (Wildman–Crippen MR) is 67.7 cm³/mol. The highest BCUT2D eigenvalue weighted by molar-refractivity contribution is 6.33. The fourth-order valence-electron chi connectivity index (χ4n) is 1.38. The second-order valence-electron chi connectivity index (χ2n) is 3.66. The molecule has 0 atom stereocenters. The number of nitrogens with zero attached hydrogens (tertiary/aromatic N) is 1. The molecule has 0 fully saturated rings. The lowest BCUT2D eigenvalue weighted by Gasteiger charge is -2.07. The molecule has 0 heterocycles. The van der Waals surface area contributed by atoms with E-state index in [-0.39, 0.29) is 5.91 Å². The number of anilines is 1. The predicted octanol–water partition coefficient (Wildman–Crippen LogP) is 2.28. The summed E-state index contributed by atoms with van der Waals surface area (Å²) in [5, 5.41) is 12.3. The van der Waals surface area contributed by atoms with Crippen LogP contribution in [-0.4, -0.2) is 12.5 Å². The van der Waals surface area contributed by atoms with Gasteiger partial charge in [-0.15, -0.1) is 0 Å². The van der Waals surface area contributed by atoms with Gasteiger partial charge in [0.15, 0.2) is 0 Å². The first-order valence-corrected chi connectivity index (χ1v) is 5.73. The molecule has 0 radical (unpaired) electrons. The summed E-state index contributed by atoms with van der Waals surface area (Å²) in [6.07, 6.45) is 2.01. The summed E-state index contributed by atoms with van der Waals surface area (Å²) in [5.74, 6) is -0.276. The highest BCUT2D eigenvalue weighted by Crippen LogP contribution is 2.22. The third-order valence-corrected chi connectivity index (χ3v) is 2.58. The zero-order valence-corrected chi connectivity index (χ0v) is 10.1. The number of amides is 1. The van der Waals surface area contributed by atoms with Gasteiger partial charge in [0, 0.05) is 13.0 Å². The second-order valence-corrected chi connectivity index (χ2v) is 4.06. The number of halogens is 1. The van der Waals surface area contributed by atoms with E-state index in [9.17, 15) is 4.79 Å². The molecule has 1 aromatic carbocycles. The van der Waals surface area contributed by atoms with Crippen molar-refractivity contribution in [2.24, 2.45) is 5.73 Å². The summed E-state index contributed by atoms with van der Waals surface area (Å²) >= 11 is 5.98. The van der Waals surface area contributed by atoms with Crippen LogP contribution in [0, 0.1) is 11.3 Å². The number of carbonyl (C=O) groups excluding carboxylic acids is 1. The first kappa shape index (κ1) is 13.3. The number of rotatable bonds is 6. The Balaban J connectivity index is 2.37. The van der Waals surface area contributed by atoms with Crippen molar-refractivity contribution >= 4 is 23.2 Å². The van der Waals surface area contributed by atoms with Crippen molar-refractivity contribution in [2.75, 3.05) is 11.9 Å². The van der Waals surface area contributed by atoms with Gasteiger partial charge in [0.2, 0.25) is 5.91 Å². The van der Waals surface area contributed by atoms with Crippen LogP contribution in [0.4, 0.5) is 5.69 Å². The number of primary amides is 1. The van der Waals surface area contributed by atoms with Crippen molar-refractivity contribution in [3.63, 3.8) is 0 Å². The van der Waals surface area contributed by atoms with E-state index < -0.39 is 0 Å². The number of hydrogen-bond acceptors (Lipinski definition) is 3. The Morgan fingerprint density at radius 3 is 2.82 bits per heavy atom. The van der Waals surface area contributed by atoms with E-state index in [0.717, 1.165) is 25.1 Å². The molecule has 0 aromatic heterocycles. The Labute approximate surface area is 105 Å². The van der Waals surface area contributed by atoms with E-state index in [1.54, 1.807) is 18.2 Å². The van der Waals surface area contributed by atoms with E-state index in [1.807, 2.05) is 6.07 Å². The van der Waals surface area contributed by atoms with Gasteiger partial charge >= 0.3 is 0 Å². The van der Waals surface area contributed by atoms with Gasteiger partial charge in [-0.2, -0.15) is 5.26 Å². The summed E-state index contributed by atoms with van der Waals surface area (Å²) in [7, 11) is 0. The molecule has 0 spiro atoms.